The Labute approximate surface area is 237 Å². The number of allylic oxidation sites excluding steroid dienone is 1. The lowest BCUT2D eigenvalue weighted by atomic mass is 9.83. The molecule has 0 fully saturated rings. The maximum atomic E-state index is 13.8. The van der Waals surface area contributed by atoms with E-state index in [4.69, 9.17) is 14.2 Å². The standard InChI is InChI=1S/C33H33NO7/c1-19-8-6-13-23(35)12-5-3-4-9-21-17-26-29(31(39-2)28(21)33(38)40-19)24(18-27(36)41-26)25-16-22-11-7-10-20-14-15-34(30(20)22)32(25)37/h4,7,9-11,16-17,19,24H,3,5-6,8,12-15,18H2,1-2H3/b9-4+/t19-,24-/m0/s1. The molecule has 3 aliphatic heterocycles. The van der Waals surface area contributed by atoms with E-state index in [9.17, 15) is 19.2 Å². The first-order chi connectivity index (χ1) is 19.9. The van der Waals surface area contributed by atoms with Gasteiger partial charge in [-0.2, -0.15) is 0 Å². The summed E-state index contributed by atoms with van der Waals surface area (Å²) < 4.78 is 19.2. The van der Waals surface area contributed by atoms with Crippen LogP contribution in [0.3, 0.4) is 0 Å². The lowest BCUT2D eigenvalue weighted by Crippen LogP contribution is -2.30. The van der Waals surface area contributed by atoms with Gasteiger partial charge in [-0.05, 0) is 67.7 Å². The molecular weight excluding hydrogens is 522 g/mol. The van der Waals surface area contributed by atoms with E-state index in [-0.39, 0.29) is 34.8 Å². The summed E-state index contributed by atoms with van der Waals surface area (Å²) in [5.41, 5.74) is 3.60. The lowest BCUT2D eigenvalue weighted by molar-refractivity contribution is -0.135. The molecule has 0 saturated heterocycles. The molecule has 1 aromatic heterocycles. The molecule has 0 radical (unpaired) electrons. The number of carbonyl (C=O) groups is 3. The molecular formula is C33H33NO7. The minimum absolute atomic E-state index is 0.0576. The predicted molar refractivity (Wildman–Crippen MR) is 154 cm³/mol. The SMILES string of the molecule is COc1c2c(cc3c1[C@H](c1cc4cccc5c4n(c1=O)CC5)CC(=O)O3)/C=C/CCCC(=O)CCC[C@H](C)OC2=O. The van der Waals surface area contributed by atoms with Gasteiger partial charge in [0.25, 0.3) is 5.56 Å². The predicted octanol–water partition coefficient (Wildman–Crippen LogP) is 5.49. The summed E-state index contributed by atoms with van der Waals surface area (Å²) in [4.78, 5) is 52.6. The number of ketones is 1. The zero-order chi connectivity index (χ0) is 28.7. The average Bonchev–Trinajstić information content (AvgIpc) is 3.38. The van der Waals surface area contributed by atoms with Crippen molar-refractivity contribution in [2.45, 2.75) is 76.9 Å². The van der Waals surface area contributed by atoms with Crippen molar-refractivity contribution in [1.82, 2.24) is 4.57 Å². The van der Waals surface area contributed by atoms with Crippen molar-refractivity contribution < 1.29 is 28.6 Å². The van der Waals surface area contributed by atoms with E-state index in [1.165, 1.54) is 7.11 Å². The van der Waals surface area contributed by atoms with Crippen LogP contribution in [0.1, 0.15) is 90.4 Å². The molecule has 8 nitrogen and oxygen atoms in total. The Morgan fingerprint density at radius 2 is 1.85 bits per heavy atom. The number of methoxy groups -OCH3 is 1. The second kappa shape index (κ2) is 11.0. The van der Waals surface area contributed by atoms with E-state index in [0.29, 0.717) is 61.8 Å². The summed E-state index contributed by atoms with van der Waals surface area (Å²) in [6.45, 7) is 2.39. The summed E-state index contributed by atoms with van der Waals surface area (Å²) in [7, 11) is 1.47. The van der Waals surface area contributed by atoms with Crippen LogP contribution in [-0.4, -0.2) is 35.5 Å². The molecule has 0 aliphatic carbocycles. The second-order valence-electron chi connectivity index (χ2n) is 11.1. The number of benzene rings is 2. The second-order valence-corrected chi connectivity index (χ2v) is 11.1. The Morgan fingerprint density at radius 1 is 1.02 bits per heavy atom. The highest BCUT2D eigenvalue weighted by Crippen LogP contribution is 2.47. The quantitative estimate of drug-likeness (QED) is 0.305. The molecule has 212 valence electrons. The number of pyridine rings is 1. The van der Waals surface area contributed by atoms with E-state index in [2.05, 4.69) is 0 Å². The molecule has 41 heavy (non-hydrogen) atoms. The topological polar surface area (TPSA) is 101 Å². The molecule has 3 aliphatic rings. The first-order valence-electron chi connectivity index (χ1n) is 14.4. The van der Waals surface area contributed by atoms with Gasteiger partial charge >= 0.3 is 11.9 Å². The summed E-state index contributed by atoms with van der Waals surface area (Å²) in [6, 6.07) is 9.52. The van der Waals surface area contributed by atoms with Gasteiger partial charge in [0, 0.05) is 36.4 Å². The van der Waals surface area contributed by atoms with E-state index in [0.717, 1.165) is 22.9 Å². The summed E-state index contributed by atoms with van der Waals surface area (Å²) >= 11 is 0. The van der Waals surface area contributed by atoms with Crippen molar-refractivity contribution in [3.63, 3.8) is 0 Å². The van der Waals surface area contributed by atoms with Crippen LogP contribution in [0.2, 0.25) is 0 Å². The molecule has 0 saturated carbocycles. The van der Waals surface area contributed by atoms with Gasteiger partial charge in [-0.3, -0.25) is 14.4 Å². The van der Waals surface area contributed by atoms with Gasteiger partial charge in [0.2, 0.25) is 0 Å². The van der Waals surface area contributed by atoms with Crippen molar-refractivity contribution in [1.29, 1.82) is 0 Å². The highest BCUT2D eigenvalue weighted by atomic mass is 16.5. The number of nitrogens with zero attached hydrogens (tertiary/aromatic N) is 1. The molecule has 4 heterocycles. The monoisotopic (exact) mass is 555 g/mol. The van der Waals surface area contributed by atoms with Gasteiger partial charge in [0.1, 0.15) is 22.8 Å². The number of cyclic esters (lactones) is 1. The van der Waals surface area contributed by atoms with E-state index in [1.807, 2.05) is 37.3 Å². The largest absolute Gasteiger partial charge is 0.495 e. The number of para-hydroxylation sites is 1. The molecule has 0 spiro atoms. The number of hydrogen-bond donors (Lipinski definition) is 0. The third-order valence-corrected chi connectivity index (χ3v) is 8.37. The molecule has 0 amide bonds. The Bertz CT molecular complexity index is 1660. The molecule has 0 N–H and O–H groups in total. The van der Waals surface area contributed by atoms with Crippen molar-refractivity contribution in [2.75, 3.05) is 7.11 Å². The first-order valence-corrected chi connectivity index (χ1v) is 14.4. The molecule has 2 atom stereocenters. The molecule has 8 heteroatoms. The van der Waals surface area contributed by atoms with E-state index in [1.54, 1.807) is 16.7 Å². The number of fused-ring (bicyclic) bond motifs is 2. The maximum absolute atomic E-state index is 13.8. The first kappa shape index (κ1) is 27.0. The van der Waals surface area contributed by atoms with Gasteiger partial charge in [-0.1, -0.05) is 30.4 Å². The molecule has 0 bridgehead atoms. The molecule has 3 aromatic rings. The fourth-order valence-electron chi connectivity index (χ4n) is 6.42. The van der Waals surface area contributed by atoms with Crippen LogP contribution in [0.4, 0.5) is 0 Å². The normalized spacial score (nSPS) is 21.9. The number of carbonyl (C=O) groups excluding carboxylic acids is 3. The smallest absolute Gasteiger partial charge is 0.342 e. The van der Waals surface area contributed by atoms with Gasteiger partial charge in [-0.25, -0.2) is 4.79 Å². The third-order valence-electron chi connectivity index (χ3n) is 8.37. The van der Waals surface area contributed by atoms with E-state index >= 15 is 0 Å². The van der Waals surface area contributed by atoms with Gasteiger partial charge in [-0.15, -0.1) is 0 Å². The molecule has 0 unspecified atom stereocenters. The van der Waals surface area contributed by atoms with Crippen LogP contribution >= 0.6 is 0 Å². The highest BCUT2D eigenvalue weighted by molar-refractivity contribution is 5.99. The van der Waals surface area contributed by atoms with Crippen molar-refractivity contribution in [3.05, 3.63) is 74.6 Å². The summed E-state index contributed by atoms with van der Waals surface area (Å²) in [6.07, 6.45) is 7.53. The average molecular weight is 556 g/mol. The number of ether oxygens (including phenoxy) is 3. The highest BCUT2D eigenvalue weighted by Gasteiger charge is 2.38. The summed E-state index contributed by atoms with van der Waals surface area (Å²) in [5.74, 6) is -0.965. The zero-order valence-electron chi connectivity index (χ0n) is 23.4. The number of aryl methyl sites for hydroxylation is 2. The Morgan fingerprint density at radius 3 is 2.68 bits per heavy atom. The zero-order valence-corrected chi connectivity index (χ0v) is 23.4. The number of aromatic nitrogens is 1. The Kier molecular flexibility index (Phi) is 7.24. The minimum Gasteiger partial charge on any atom is -0.495 e. The number of Topliss-reactive ketones (excluding diaryl/α,β-unsaturated/α-hetero) is 1. The fraction of sp³-hybridized carbons (Fsp3) is 0.394. The number of hydrogen-bond acceptors (Lipinski definition) is 7. The fourth-order valence-corrected chi connectivity index (χ4v) is 6.42. The molecule has 2 aromatic carbocycles. The van der Waals surface area contributed by atoms with Crippen LogP contribution in [0.15, 0.2) is 41.2 Å². The van der Waals surface area contributed by atoms with Gasteiger partial charge < -0.3 is 18.8 Å². The van der Waals surface area contributed by atoms with Crippen LogP contribution in [0.25, 0.3) is 17.0 Å². The van der Waals surface area contributed by atoms with Crippen LogP contribution in [0, 0.1) is 0 Å². The van der Waals surface area contributed by atoms with Crippen LogP contribution in [0.5, 0.6) is 11.5 Å². The van der Waals surface area contributed by atoms with Crippen molar-refractivity contribution >= 4 is 34.7 Å². The number of esters is 2. The van der Waals surface area contributed by atoms with Gasteiger partial charge in [0.05, 0.1) is 25.2 Å². The summed E-state index contributed by atoms with van der Waals surface area (Å²) in [5, 5.41) is 0.932. The van der Waals surface area contributed by atoms with E-state index < -0.39 is 24.0 Å². The maximum Gasteiger partial charge on any atom is 0.342 e. The van der Waals surface area contributed by atoms with Crippen molar-refractivity contribution in [2.24, 2.45) is 0 Å². The molecule has 6 rings (SSSR count). The van der Waals surface area contributed by atoms with Crippen LogP contribution in [-0.2, 0) is 27.3 Å². The minimum atomic E-state index is -0.662. The lowest BCUT2D eigenvalue weighted by Gasteiger charge is -2.29. The van der Waals surface area contributed by atoms with Gasteiger partial charge in [0.15, 0.2) is 0 Å². The number of rotatable bonds is 2. The third kappa shape index (κ3) is 4.96. The van der Waals surface area contributed by atoms with Crippen LogP contribution < -0.4 is 15.0 Å². The Hall–Kier alpha value is -4.20. The Balaban J connectivity index is 1.53. The van der Waals surface area contributed by atoms with Crippen molar-refractivity contribution in [3.8, 4) is 11.5 Å².